The molecule has 0 unspecified atom stereocenters. The van der Waals surface area contributed by atoms with Crippen LogP contribution in [0.5, 0.6) is 0 Å². The van der Waals surface area contributed by atoms with E-state index in [1.165, 1.54) is 6.20 Å². The zero-order valence-electron chi connectivity index (χ0n) is 13.4. The highest BCUT2D eigenvalue weighted by Gasteiger charge is 2.06. The molecule has 6 heteroatoms. The van der Waals surface area contributed by atoms with Gasteiger partial charge in [-0.05, 0) is 35.4 Å². The first-order chi connectivity index (χ1) is 12.2. The number of hydrogen-bond donors (Lipinski definition) is 1. The van der Waals surface area contributed by atoms with E-state index in [-0.39, 0.29) is 5.91 Å². The molecule has 0 aliphatic carbocycles. The first-order valence-corrected chi connectivity index (χ1v) is 8.16. The molecule has 0 saturated heterocycles. The Kier molecular flexibility index (Phi) is 5.82. The van der Waals surface area contributed by atoms with Crippen molar-refractivity contribution in [1.29, 1.82) is 0 Å². The van der Waals surface area contributed by atoms with Gasteiger partial charge >= 0.3 is 0 Å². The molecule has 3 aromatic rings. The van der Waals surface area contributed by atoms with Crippen LogP contribution in [0.1, 0.15) is 27.2 Å². The van der Waals surface area contributed by atoms with E-state index in [9.17, 15) is 4.79 Å². The predicted molar refractivity (Wildman–Crippen MR) is 94.1 cm³/mol. The fourth-order valence-electron chi connectivity index (χ4n) is 2.29. The fraction of sp³-hybridized carbons (Fsp3) is 0.158. The molecular weight excluding hydrogens is 340 g/mol. The molecular formula is C19H17ClN2O3. The lowest BCUT2D eigenvalue weighted by Gasteiger charge is -2.08. The summed E-state index contributed by atoms with van der Waals surface area (Å²) >= 11 is 5.72. The van der Waals surface area contributed by atoms with E-state index in [2.05, 4.69) is 10.3 Å². The van der Waals surface area contributed by atoms with E-state index in [1.54, 1.807) is 18.4 Å². The van der Waals surface area contributed by atoms with E-state index >= 15 is 0 Å². The average molecular weight is 357 g/mol. The smallest absolute Gasteiger partial charge is 0.253 e. The van der Waals surface area contributed by atoms with Crippen molar-refractivity contribution in [1.82, 2.24) is 10.3 Å². The number of hydrogen-bond acceptors (Lipinski definition) is 4. The molecule has 2 heterocycles. The molecule has 0 aliphatic rings. The summed E-state index contributed by atoms with van der Waals surface area (Å²) in [5.74, 6) is 0.601. The van der Waals surface area contributed by atoms with Crippen molar-refractivity contribution < 1.29 is 13.9 Å². The number of halogens is 1. The molecule has 0 spiro atoms. The van der Waals surface area contributed by atoms with Crippen LogP contribution in [0.25, 0.3) is 0 Å². The fourth-order valence-corrected chi connectivity index (χ4v) is 2.40. The van der Waals surface area contributed by atoms with Crippen molar-refractivity contribution >= 4 is 17.5 Å². The van der Waals surface area contributed by atoms with Gasteiger partial charge in [-0.3, -0.25) is 4.79 Å². The number of ether oxygens (including phenoxy) is 1. The normalized spacial score (nSPS) is 10.6. The predicted octanol–water partition coefficient (Wildman–Crippen LogP) is 3.97. The Morgan fingerprint density at radius 2 is 2.00 bits per heavy atom. The van der Waals surface area contributed by atoms with Crippen molar-refractivity contribution in [2.75, 3.05) is 0 Å². The quantitative estimate of drug-likeness (QED) is 0.650. The number of carbonyl (C=O) groups excluding carboxylic acids is 1. The van der Waals surface area contributed by atoms with Gasteiger partial charge in [0.15, 0.2) is 0 Å². The number of pyridine rings is 1. The van der Waals surface area contributed by atoms with Crippen LogP contribution < -0.4 is 5.32 Å². The largest absolute Gasteiger partial charge is 0.467 e. The lowest BCUT2D eigenvalue weighted by atomic mass is 10.1. The van der Waals surface area contributed by atoms with Gasteiger partial charge in [-0.1, -0.05) is 35.9 Å². The van der Waals surface area contributed by atoms with E-state index < -0.39 is 0 Å². The lowest BCUT2D eigenvalue weighted by Crippen LogP contribution is -2.22. The Labute approximate surface area is 150 Å². The molecule has 128 valence electrons. The minimum Gasteiger partial charge on any atom is -0.467 e. The molecule has 1 aromatic carbocycles. The Morgan fingerprint density at radius 1 is 1.12 bits per heavy atom. The van der Waals surface area contributed by atoms with Gasteiger partial charge in [0.25, 0.3) is 5.91 Å². The monoisotopic (exact) mass is 356 g/mol. The van der Waals surface area contributed by atoms with Crippen molar-refractivity contribution in [3.8, 4) is 0 Å². The third-order valence-corrected chi connectivity index (χ3v) is 3.75. The van der Waals surface area contributed by atoms with Crippen LogP contribution >= 0.6 is 11.6 Å². The zero-order valence-corrected chi connectivity index (χ0v) is 14.2. The lowest BCUT2D eigenvalue weighted by molar-refractivity contribution is 0.0928. The summed E-state index contributed by atoms with van der Waals surface area (Å²) in [7, 11) is 0. The standard InChI is InChI=1S/C19H17ClN2O3/c20-18-7-6-16(11-21-18)19(23)22-10-14-3-1-4-15(9-14)12-24-13-17-5-2-8-25-17/h1-9,11H,10,12-13H2,(H,22,23). The van der Waals surface area contributed by atoms with Gasteiger partial charge in [-0.25, -0.2) is 4.98 Å². The molecule has 0 saturated carbocycles. The molecule has 0 aliphatic heterocycles. The molecule has 0 bridgehead atoms. The third-order valence-electron chi connectivity index (χ3n) is 3.53. The number of rotatable bonds is 7. The van der Waals surface area contributed by atoms with Crippen LogP contribution in [0.15, 0.2) is 65.4 Å². The highest BCUT2D eigenvalue weighted by molar-refractivity contribution is 6.29. The van der Waals surface area contributed by atoms with Gasteiger partial charge in [0.2, 0.25) is 0 Å². The number of furan rings is 1. The van der Waals surface area contributed by atoms with Crippen molar-refractivity contribution in [2.24, 2.45) is 0 Å². The number of aromatic nitrogens is 1. The molecule has 5 nitrogen and oxygen atoms in total. The summed E-state index contributed by atoms with van der Waals surface area (Å²) in [4.78, 5) is 16.0. The van der Waals surface area contributed by atoms with E-state index in [0.717, 1.165) is 16.9 Å². The maximum atomic E-state index is 12.1. The number of benzene rings is 1. The van der Waals surface area contributed by atoms with Crippen molar-refractivity contribution in [3.05, 3.63) is 88.6 Å². The summed E-state index contributed by atoms with van der Waals surface area (Å²) in [5, 5.41) is 3.22. The first kappa shape index (κ1) is 17.2. The van der Waals surface area contributed by atoms with E-state index in [1.807, 2.05) is 36.4 Å². The Bertz CT molecular complexity index is 817. The number of nitrogens with one attached hydrogen (secondary N) is 1. The van der Waals surface area contributed by atoms with Gasteiger partial charge in [-0.2, -0.15) is 0 Å². The zero-order chi connectivity index (χ0) is 17.5. The maximum Gasteiger partial charge on any atom is 0.253 e. The van der Waals surface area contributed by atoms with E-state index in [0.29, 0.717) is 30.5 Å². The van der Waals surface area contributed by atoms with Crippen LogP contribution in [0.3, 0.4) is 0 Å². The second-order valence-electron chi connectivity index (χ2n) is 5.44. The van der Waals surface area contributed by atoms with Gasteiger partial charge in [0.1, 0.15) is 17.5 Å². The maximum absolute atomic E-state index is 12.1. The average Bonchev–Trinajstić information content (AvgIpc) is 3.14. The molecule has 1 amide bonds. The number of nitrogens with zero attached hydrogens (tertiary/aromatic N) is 1. The van der Waals surface area contributed by atoms with Crippen LogP contribution in [-0.2, 0) is 24.5 Å². The summed E-state index contributed by atoms with van der Waals surface area (Å²) in [5.41, 5.74) is 2.50. The van der Waals surface area contributed by atoms with Gasteiger partial charge in [0, 0.05) is 12.7 Å². The SMILES string of the molecule is O=C(NCc1cccc(COCc2ccco2)c1)c1ccc(Cl)nc1. The molecule has 0 fully saturated rings. The molecule has 0 atom stereocenters. The first-order valence-electron chi connectivity index (χ1n) is 7.78. The van der Waals surface area contributed by atoms with Gasteiger partial charge < -0.3 is 14.5 Å². The van der Waals surface area contributed by atoms with Crippen LogP contribution in [-0.4, -0.2) is 10.9 Å². The van der Waals surface area contributed by atoms with Gasteiger partial charge in [-0.15, -0.1) is 0 Å². The van der Waals surface area contributed by atoms with Gasteiger partial charge in [0.05, 0.1) is 18.4 Å². The summed E-state index contributed by atoms with van der Waals surface area (Å²) < 4.78 is 10.8. The van der Waals surface area contributed by atoms with Crippen LogP contribution in [0.2, 0.25) is 5.15 Å². The second kappa shape index (κ2) is 8.46. The van der Waals surface area contributed by atoms with E-state index in [4.69, 9.17) is 20.8 Å². The number of amides is 1. The minimum atomic E-state index is -0.191. The van der Waals surface area contributed by atoms with Crippen molar-refractivity contribution in [3.63, 3.8) is 0 Å². The summed E-state index contributed by atoms with van der Waals surface area (Å²) in [6.07, 6.45) is 3.08. The highest BCUT2D eigenvalue weighted by Crippen LogP contribution is 2.10. The van der Waals surface area contributed by atoms with Crippen LogP contribution in [0.4, 0.5) is 0 Å². The summed E-state index contributed by atoms with van der Waals surface area (Å²) in [6.45, 7) is 1.33. The Balaban J connectivity index is 1.50. The highest BCUT2D eigenvalue weighted by atomic mass is 35.5. The summed E-state index contributed by atoms with van der Waals surface area (Å²) in [6, 6.07) is 14.8. The van der Waals surface area contributed by atoms with Crippen molar-refractivity contribution in [2.45, 2.75) is 19.8 Å². The second-order valence-corrected chi connectivity index (χ2v) is 5.83. The Hall–Kier alpha value is -2.63. The number of carbonyl (C=O) groups is 1. The molecule has 25 heavy (non-hydrogen) atoms. The topological polar surface area (TPSA) is 64.4 Å². The Morgan fingerprint density at radius 3 is 2.76 bits per heavy atom. The molecule has 0 radical (unpaired) electrons. The third kappa shape index (κ3) is 5.17. The molecule has 2 aromatic heterocycles. The van der Waals surface area contributed by atoms with Crippen LogP contribution in [0, 0.1) is 0 Å². The molecule has 3 rings (SSSR count). The minimum absolute atomic E-state index is 0.191. The molecule has 1 N–H and O–H groups in total.